The molecule has 0 aromatic heterocycles. The Hall–Kier alpha value is -4.38. The second-order valence-corrected chi connectivity index (χ2v) is 14.9. The number of ether oxygens (including phenoxy) is 3. The average Bonchev–Trinajstić information content (AvgIpc) is 3.88. The van der Waals surface area contributed by atoms with Crippen LogP contribution >= 0.6 is 11.6 Å². The van der Waals surface area contributed by atoms with Crippen molar-refractivity contribution in [2.75, 3.05) is 32.8 Å². The van der Waals surface area contributed by atoms with E-state index in [1.54, 1.807) is 0 Å². The van der Waals surface area contributed by atoms with Gasteiger partial charge in [-0.15, -0.1) is 0 Å². The molecule has 0 unspecified atom stereocenters. The van der Waals surface area contributed by atoms with Crippen LogP contribution in [0.5, 0.6) is 11.5 Å². The Morgan fingerprint density at radius 3 is 2.46 bits per heavy atom. The molecule has 3 heterocycles. The second-order valence-electron chi connectivity index (χ2n) is 14.5. The molecular weight excluding hydrogens is 680 g/mol. The summed E-state index contributed by atoms with van der Waals surface area (Å²) in [5, 5.41) is 7.52. The van der Waals surface area contributed by atoms with Gasteiger partial charge in [-0.2, -0.15) is 0 Å². The molecule has 3 fully saturated rings. The van der Waals surface area contributed by atoms with Crippen LogP contribution in [0.2, 0.25) is 5.02 Å². The fourth-order valence-electron chi connectivity index (χ4n) is 7.65. The quantitative estimate of drug-likeness (QED) is 0.184. The Morgan fingerprint density at radius 2 is 1.71 bits per heavy atom. The number of fused-ring (bicyclic) bond motifs is 2. The standard InChI is InChI=1S/C41H47ClN4O6/c1-25-6-4-5-7-29(25)21-46(31-10-11-31)41(49)39-34(18-30-22-45(23-37(39)44-30)40(48)36-19-33(20-43-36)52-24-47)28-8-12-32(13-9-28)50-14-15-51-38-17-27(3)26(2)16-35(38)42/h4-9,12-13,16-17,24,30-31,33,36-37,43-44H,10-11,14-15,18-23H2,1-3H3/t30-,33+,36-,37-/m0/s1. The van der Waals surface area contributed by atoms with Gasteiger partial charge in [0.15, 0.2) is 0 Å². The van der Waals surface area contributed by atoms with E-state index in [1.807, 2.05) is 72.2 Å². The van der Waals surface area contributed by atoms with Crippen molar-refractivity contribution in [1.29, 1.82) is 0 Å². The first kappa shape index (κ1) is 36.0. The van der Waals surface area contributed by atoms with Crippen molar-refractivity contribution in [2.24, 2.45) is 0 Å². The molecule has 1 saturated carbocycles. The summed E-state index contributed by atoms with van der Waals surface area (Å²) in [7, 11) is 0. The first-order chi connectivity index (χ1) is 25.2. The highest BCUT2D eigenvalue weighted by Gasteiger charge is 2.45. The van der Waals surface area contributed by atoms with Gasteiger partial charge in [0.05, 0.1) is 17.1 Å². The number of carbonyl (C=O) groups excluding carboxylic acids is 3. The summed E-state index contributed by atoms with van der Waals surface area (Å²) < 4.78 is 17.1. The molecule has 0 spiro atoms. The summed E-state index contributed by atoms with van der Waals surface area (Å²) in [5.74, 6) is 1.35. The highest BCUT2D eigenvalue weighted by atomic mass is 35.5. The molecule has 274 valence electrons. The molecule has 2 amide bonds. The van der Waals surface area contributed by atoms with E-state index < -0.39 is 6.04 Å². The number of halogens is 1. The van der Waals surface area contributed by atoms with Gasteiger partial charge in [-0.1, -0.05) is 48.0 Å². The van der Waals surface area contributed by atoms with Crippen LogP contribution in [-0.2, 0) is 25.7 Å². The van der Waals surface area contributed by atoms with Gasteiger partial charge in [0.1, 0.15) is 30.8 Å². The van der Waals surface area contributed by atoms with Crippen LogP contribution in [0.1, 0.15) is 53.5 Å². The molecule has 3 aromatic carbocycles. The molecule has 2 saturated heterocycles. The number of amides is 2. The van der Waals surface area contributed by atoms with Crippen molar-refractivity contribution < 1.29 is 28.6 Å². The summed E-state index contributed by atoms with van der Waals surface area (Å²) in [6.07, 6.45) is 2.68. The van der Waals surface area contributed by atoms with E-state index >= 15 is 0 Å². The molecule has 3 aromatic rings. The van der Waals surface area contributed by atoms with Gasteiger partial charge in [0.25, 0.3) is 12.4 Å². The number of hydrogen-bond donors (Lipinski definition) is 2. The zero-order chi connectivity index (χ0) is 36.4. The first-order valence-electron chi connectivity index (χ1n) is 18.3. The van der Waals surface area contributed by atoms with Crippen molar-refractivity contribution >= 4 is 35.5 Å². The minimum absolute atomic E-state index is 0.0197. The number of carbonyl (C=O) groups is 3. The van der Waals surface area contributed by atoms with Gasteiger partial charge in [-0.3, -0.25) is 14.4 Å². The third-order valence-electron chi connectivity index (χ3n) is 10.8. The number of nitrogens with zero attached hydrogens (tertiary/aromatic N) is 2. The van der Waals surface area contributed by atoms with Gasteiger partial charge < -0.3 is 34.6 Å². The normalized spacial score (nSPS) is 22.6. The summed E-state index contributed by atoms with van der Waals surface area (Å²) in [6.45, 7) is 9.16. The third-order valence-corrected chi connectivity index (χ3v) is 11.1. The summed E-state index contributed by atoms with van der Waals surface area (Å²) in [4.78, 5) is 43.5. The van der Waals surface area contributed by atoms with Crippen molar-refractivity contribution in [3.63, 3.8) is 0 Å². The molecule has 11 heteroatoms. The Balaban J connectivity index is 1.11. The zero-order valence-electron chi connectivity index (χ0n) is 30.0. The fourth-order valence-corrected chi connectivity index (χ4v) is 7.92. The van der Waals surface area contributed by atoms with E-state index in [1.165, 1.54) is 0 Å². The van der Waals surface area contributed by atoms with Crippen LogP contribution in [0.3, 0.4) is 0 Å². The molecule has 10 nitrogen and oxygen atoms in total. The molecule has 4 atom stereocenters. The van der Waals surface area contributed by atoms with Crippen molar-refractivity contribution in [3.05, 3.63) is 99.1 Å². The van der Waals surface area contributed by atoms with Crippen molar-refractivity contribution in [3.8, 4) is 11.5 Å². The van der Waals surface area contributed by atoms with E-state index in [0.29, 0.717) is 75.2 Å². The lowest BCUT2D eigenvalue weighted by Crippen LogP contribution is -2.63. The van der Waals surface area contributed by atoms with Crippen LogP contribution in [0.4, 0.5) is 0 Å². The highest BCUT2D eigenvalue weighted by Crippen LogP contribution is 2.38. The van der Waals surface area contributed by atoms with Gasteiger partial charge in [-0.05, 0) is 97.7 Å². The van der Waals surface area contributed by atoms with Gasteiger partial charge in [0.2, 0.25) is 5.91 Å². The predicted octanol–water partition coefficient (Wildman–Crippen LogP) is 5.14. The Kier molecular flexibility index (Phi) is 10.9. The Morgan fingerprint density at radius 1 is 0.962 bits per heavy atom. The second kappa shape index (κ2) is 15.7. The van der Waals surface area contributed by atoms with E-state index in [2.05, 4.69) is 29.7 Å². The van der Waals surface area contributed by atoms with E-state index in [-0.39, 0.29) is 36.0 Å². The summed E-state index contributed by atoms with van der Waals surface area (Å²) in [5.41, 5.74) is 7.24. The number of nitrogens with one attached hydrogen (secondary N) is 2. The molecular formula is C41H47ClN4O6. The molecule has 2 bridgehead atoms. The first-order valence-corrected chi connectivity index (χ1v) is 18.6. The number of benzene rings is 3. The molecule has 3 aliphatic heterocycles. The van der Waals surface area contributed by atoms with E-state index in [0.717, 1.165) is 51.8 Å². The number of rotatable bonds is 13. The van der Waals surface area contributed by atoms with Crippen LogP contribution in [0.15, 0.2) is 66.2 Å². The van der Waals surface area contributed by atoms with Gasteiger partial charge >= 0.3 is 0 Å². The zero-order valence-corrected chi connectivity index (χ0v) is 30.8. The summed E-state index contributed by atoms with van der Waals surface area (Å²) >= 11 is 6.38. The molecule has 0 radical (unpaired) electrons. The minimum atomic E-state index is -0.425. The molecule has 4 aliphatic rings. The lowest BCUT2D eigenvalue weighted by molar-refractivity contribution is -0.137. The van der Waals surface area contributed by atoms with Crippen LogP contribution in [-0.4, -0.2) is 91.2 Å². The van der Waals surface area contributed by atoms with E-state index in [9.17, 15) is 14.4 Å². The molecule has 1 aliphatic carbocycles. The Labute approximate surface area is 310 Å². The minimum Gasteiger partial charge on any atom is -0.490 e. The smallest absolute Gasteiger partial charge is 0.293 e. The topological polar surface area (TPSA) is 109 Å². The van der Waals surface area contributed by atoms with Gasteiger partial charge in [0, 0.05) is 50.3 Å². The number of aryl methyl sites for hydroxylation is 3. The third kappa shape index (κ3) is 7.99. The van der Waals surface area contributed by atoms with Crippen molar-refractivity contribution in [1.82, 2.24) is 20.4 Å². The van der Waals surface area contributed by atoms with Crippen molar-refractivity contribution in [2.45, 2.75) is 83.3 Å². The maximum atomic E-state index is 14.9. The van der Waals surface area contributed by atoms with Crippen LogP contribution in [0.25, 0.3) is 5.57 Å². The molecule has 7 rings (SSSR count). The Bertz CT molecular complexity index is 1840. The average molecular weight is 727 g/mol. The maximum Gasteiger partial charge on any atom is 0.293 e. The van der Waals surface area contributed by atoms with Crippen LogP contribution in [0, 0.1) is 20.8 Å². The lowest BCUT2D eigenvalue weighted by Gasteiger charge is -2.45. The monoisotopic (exact) mass is 726 g/mol. The molecule has 2 N–H and O–H groups in total. The number of hydrogen-bond acceptors (Lipinski definition) is 8. The predicted molar refractivity (Wildman–Crippen MR) is 199 cm³/mol. The highest BCUT2D eigenvalue weighted by molar-refractivity contribution is 6.32. The maximum absolute atomic E-state index is 14.9. The SMILES string of the molecule is Cc1cc(Cl)c(OCCOc2ccc(C3=C(C(=O)N(Cc4ccccc4C)C4CC4)[C@@H]4CN(C(=O)[C@@H]5C[C@@H](OC=O)CN5)C[C@H](C3)N4)cc2)cc1C. The summed E-state index contributed by atoms with van der Waals surface area (Å²) in [6, 6.07) is 19.4. The molecule has 52 heavy (non-hydrogen) atoms. The largest absolute Gasteiger partial charge is 0.490 e. The number of piperazine rings is 1. The van der Waals surface area contributed by atoms with Gasteiger partial charge in [-0.25, -0.2) is 0 Å². The fraction of sp³-hybridized carbons (Fsp3) is 0.439. The van der Waals surface area contributed by atoms with Crippen LogP contribution < -0.4 is 20.1 Å². The van der Waals surface area contributed by atoms with E-state index in [4.69, 9.17) is 25.8 Å². The lowest BCUT2D eigenvalue weighted by atomic mass is 9.82.